The molecule has 0 spiro atoms. The number of nitrogens with zero attached hydrogens (tertiary/aromatic N) is 2. The van der Waals surface area contributed by atoms with E-state index in [0.29, 0.717) is 0 Å². The van der Waals surface area contributed by atoms with Gasteiger partial charge in [0.15, 0.2) is 0 Å². The SMILES string of the molecule is F[B-](F)(F)/C=C/c1cncnc1Cl. The van der Waals surface area contributed by atoms with E-state index in [1.54, 1.807) is 0 Å². The van der Waals surface area contributed by atoms with Gasteiger partial charge in [-0.15, -0.1) is 5.98 Å². The van der Waals surface area contributed by atoms with E-state index in [-0.39, 0.29) is 16.7 Å². The van der Waals surface area contributed by atoms with Crippen LogP contribution in [0.3, 0.4) is 0 Å². The molecule has 0 bridgehead atoms. The van der Waals surface area contributed by atoms with Gasteiger partial charge in [-0.3, -0.25) is 0 Å². The lowest BCUT2D eigenvalue weighted by Crippen LogP contribution is -2.09. The highest BCUT2D eigenvalue weighted by molar-refractivity contribution is 6.65. The molecule has 70 valence electrons. The van der Waals surface area contributed by atoms with Crippen LogP contribution in [0.2, 0.25) is 5.15 Å². The molecule has 0 N–H and O–H groups in total. The van der Waals surface area contributed by atoms with E-state index >= 15 is 0 Å². The summed E-state index contributed by atoms with van der Waals surface area (Å²) in [6.45, 7) is -4.94. The Morgan fingerprint density at radius 3 is 2.62 bits per heavy atom. The van der Waals surface area contributed by atoms with Crippen molar-refractivity contribution in [3.8, 4) is 0 Å². The summed E-state index contributed by atoms with van der Waals surface area (Å²) in [6, 6.07) is 0. The summed E-state index contributed by atoms with van der Waals surface area (Å²) >= 11 is 5.49. The predicted molar refractivity (Wildman–Crippen MR) is 45.2 cm³/mol. The summed E-state index contributed by atoms with van der Waals surface area (Å²) in [5.74, 6) is 0.143. The fourth-order valence-electron chi connectivity index (χ4n) is 0.650. The summed E-state index contributed by atoms with van der Waals surface area (Å²) in [5, 5.41) is 0.00583. The van der Waals surface area contributed by atoms with Crippen molar-refractivity contribution in [3.63, 3.8) is 0 Å². The fraction of sp³-hybridized carbons (Fsp3) is 0. The number of hydrogen-bond donors (Lipinski definition) is 0. The number of aromatic nitrogens is 2. The van der Waals surface area contributed by atoms with E-state index in [4.69, 9.17) is 11.6 Å². The van der Waals surface area contributed by atoms with E-state index in [9.17, 15) is 12.9 Å². The third-order valence-electron chi connectivity index (χ3n) is 1.18. The molecule has 0 radical (unpaired) electrons. The molecule has 0 aliphatic heterocycles. The van der Waals surface area contributed by atoms with E-state index in [0.717, 1.165) is 6.08 Å². The Labute approximate surface area is 77.5 Å². The standard InChI is InChI=1S/C6H4BClF3N2/c8-6-5(3-12-4-13-6)1-2-7(9,10)11/h1-4H/q-1/b2-1+. The molecule has 7 heteroatoms. The van der Waals surface area contributed by atoms with Crippen molar-refractivity contribution in [3.05, 3.63) is 29.2 Å². The second-order valence-electron chi connectivity index (χ2n) is 2.25. The van der Waals surface area contributed by atoms with Gasteiger partial charge in [0, 0.05) is 11.8 Å². The molecule has 1 heterocycles. The molecule has 1 aromatic heterocycles. The maximum absolute atomic E-state index is 11.8. The molecule has 0 saturated heterocycles. The average Bonchev–Trinajstić information content (AvgIpc) is 2.01. The van der Waals surface area contributed by atoms with Crippen LogP contribution in [0.5, 0.6) is 0 Å². The Morgan fingerprint density at radius 1 is 1.38 bits per heavy atom. The second kappa shape index (κ2) is 3.78. The topological polar surface area (TPSA) is 25.8 Å². The van der Waals surface area contributed by atoms with Gasteiger partial charge < -0.3 is 12.9 Å². The van der Waals surface area contributed by atoms with Crippen LogP contribution in [0.15, 0.2) is 18.5 Å². The zero-order valence-corrected chi connectivity index (χ0v) is 7.05. The maximum atomic E-state index is 11.8. The van der Waals surface area contributed by atoms with Gasteiger partial charge in [0.1, 0.15) is 11.5 Å². The highest BCUT2D eigenvalue weighted by Gasteiger charge is 2.17. The lowest BCUT2D eigenvalue weighted by atomic mass is 9.91. The van der Waals surface area contributed by atoms with Crippen molar-refractivity contribution >= 4 is 24.7 Å². The highest BCUT2D eigenvalue weighted by atomic mass is 35.5. The van der Waals surface area contributed by atoms with E-state index in [2.05, 4.69) is 9.97 Å². The minimum absolute atomic E-state index is 0.00583. The van der Waals surface area contributed by atoms with Gasteiger partial charge in [0.2, 0.25) is 0 Å². The third kappa shape index (κ3) is 3.46. The molecule has 1 rings (SSSR count). The van der Waals surface area contributed by atoms with E-state index < -0.39 is 6.98 Å². The van der Waals surface area contributed by atoms with Crippen molar-refractivity contribution in [1.82, 2.24) is 9.97 Å². The van der Waals surface area contributed by atoms with Gasteiger partial charge >= 0.3 is 6.98 Å². The highest BCUT2D eigenvalue weighted by Crippen LogP contribution is 2.16. The Kier molecular flexibility index (Phi) is 2.92. The molecule has 13 heavy (non-hydrogen) atoms. The van der Waals surface area contributed by atoms with Crippen molar-refractivity contribution in [1.29, 1.82) is 0 Å². The predicted octanol–water partition coefficient (Wildman–Crippen LogP) is 2.53. The molecule has 1 aromatic rings. The summed E-state index contributed by atoms with van der Waals surface area (Å²) in [7, 11) is 0. The second-order valence-corrected chi connectivity index (χ2v) is 2.61. The van der Waals surface area contributed by atoms with Gasteiger partial charge in [-0.05, 0) is 0 Å². The summed E-state index contributed by atoms with van der Waals surface area (Å²) in [5.41, 5.74) is 0.156. The zero-order chi connectivity index (χ0) is 9.90. The molecule has 0 atom stereocenters. The van der Waals surface area contributed by atoms with Crippen LogP contribution >= 0.6 is 11.6 Å². The quantitative estimate of drug-likeness (QED) is 0.550. The van der Waals surface area contributed by atoms with Crippen molar-refractivity contribution in [2.45, 2.75) is 0 Å². The van der Waals surface area contributed by atoms with Crippen molar-refractivity contribution < 1.29 is 12.9 Å². The Morgan fingerprint density at radius 2 is 2.08 bits per heavy atom. The molecular formula is C6H4BClF3N2-. The lowest BCUT2D eigenvalue weighted by Gasteiger charge is -2.06. The molecule has 2 nitrogen and oxygen atoms in total. The Balaban J connectivity index is 2.86. The lowest BCUT2D eigenvalue weighted by molar-refractivity contribution is 0.499. The summed E-state index contributed by atoms with van der Waals surface area (Å²) in [6.07, 6.45) is 3.23. The van der Waals surface area contributed by atoms with Gasteiger partial charge in [-0.1, -0.05) is 17.7 Å². The van der Waals surface area contributed by atoms with Crippen LogP contribution in [0.4, 0.5) is 12.9 Å². The first-order valence-corrected chi connectivity index (χ1v) is 3.71. The smallest absolute Gasteiger partial charge is 0.445 e. The fourth-order valence-corrected chi connectivity index (χ4v) is 0.805. The number of hydrogen-bond acceptors (Lipinski definition) is 2. The molecule has 0 aliphatic rings. The molecule has 0 aliphatic carbocycles. The van der Waals surface area contributed by atoms with Crippen LogP contribution in [-0.2, 0) is 0 Å². The van der Waals surface area contributed by atoms with Gasteiger partial charge in [-0.2, -0.15) is 0 Å². The van der Waals surface area contributed by atoms with Crippen molar-refractivity contribution in [2.24, 2.45) is 0 Å². The Hall–Kier alpha value is -1.04. The van der Waals surface area contributed by atoms with Crippen LogP contribution in [-0.4, -0.2) is 16.9 Å². The van der Waals surface area contributed by atoms with Gasteiger partial charge in [-0.25, -0.2) is 9.97 Å². The molecule has 0 aromatic carbocycles. The Bertz CT molecular complexity index is 326. The van der Waals surface area contributed by atoms with Crippen LogP contribution in [0, 0.1) is 0 Å². The maximum Gasteiger partial charge on any atom is 0.502 e. The largest absolute Gasteiger partial charge is 0.502 e. The molecular weight excluding hydrogens is 203 g/mol. The van der Waals surface area contributed by atoms with Crippen molar-refractivity contribution in [2.75, 3.05) is 0 Å². The number of halogens is 4. The van der Waals surface area contributed by atoms with Crippen LogP contribution < -0.4 is 0 Å². The van der Waals surface area contributed by atoms with Crippen LogP contribution in [0.25, 0.3) is 6.08 Å². The minimum atomic E-state index is -4.94. The first-order chi connectivity index (χ1) is 5.99. The van der Waals surface area contributed by atoms with E-state index in [1.165, 1.54) is 12.5 Å². The summed E-state index contributed by atoms with van der Waals surface area (Å²) < 4.78 is 35.3. The van der Waals surface area contributed by atoms with E-state index in [1.807, 2.05) is 0 Å². The monoisotopic (exact) mass is 207 g/mol. The first kappa shape index (κ1) is 10.0. The third-order valence-corrected chi connectivity index (χ3v) is 1.50. The molecule has 0 fully saturated rings. The van der Waals surface area contributed by atoms with Gasteiger partial charge in [0.05, 0.1) is 0 Å². The van der Waals surface area contributed by atoms with Crippen LogP contribution in [0.1, 0.15) is 5.56 Å². The van der Waals surface area contributed by atoms with Gasteiger partial charge in [0.25, 0.3) is 0 Å². The molecule has 0 unspecified atom stereocenters. The summed E-state index contributed by atoms with van der Waals surface area (Å²) in [4.78, 5) is 7.06. The normalized spacial score (nSPS) is 12.3. The first-order valence-electron chi connectivity index (χ1n) is 3.34. The zero-order valence-electron chi connectivity index (χ0n) is 6.29. The average molecular weight is 207 g/mol. The minimum Gasteiger partial charge on any atom is -0.445 e. The number of rotatable bonds is 2. The molecule has 0 saturated carbocycles. The molecule has 0 amide bonds.